The molecule has 1 saturated carbocycles. The molecule has 1 aromatic heterocycles. The smallest absolute Gasteiger partial charge is 0.335 e. The van der Waals surface area contributed by atoms with Crippen LogP contribution in [0.2, 0.25) is 0 Å². The van der Waals surface area contributed by atoms with Gasteiger partial charge in [-0.15, -0.1) is 0 Å². The highest BCUT2D eigenvalue weighted by Gasteiger charge is 2.31. The van der Waals surface area contributed by atoms with Crippen molar-refractivity contribution in [3.05, 3.63) is 53.1 Å². The molecule has 0 radical (unpaired) electrons. The quantitative estimate of drug-likeness (QED) is 0.360. The lowest BCUT2D eigenvalue weighted by Gasteiger charge is -2.31. The van der Waals surface area contributed by atoms with Gasteiger partial charge in [0.2, 0.25) is 0 Å². The Morgan fingerprint density at radius 2 is 1.68 bits per heavy atom. The summed E-state index contributed by atoms with van der Waals surface area (Å²) in [6.45, 7) is 8.72. The largest absolute Gasteiger partial charge is 0.478 e. The van der Waals surface area contributed by atoms with E-state index in [0.29, 0.717) is 11.5 Å². The molecule has 0 spiro atoms. The van der Waals surface area contributed by atoms with Gasteiger partial charge in [-0.3, -0.25) is 0 Å². The van der Waals surface area contributed by atoms with E-state index in [-0.39, 0.29) is 0 Å². The molecule has 0 atom stereocenters. The van der Waals surface area contributed by atoms with Crippen LogP contribution >= 0.6 is 0 Å². The fourth-order valence-corrected chi connectivity index (χ4v) is 7.34. The highest BCUT2D eigenvalue weighted by Crippen LogP contribution is 2.47. The third-order valence-electron chi connectivity index (χ3n) is 9.29. The zero-order chi connectivity index (χ0) is 26.1. The van der Waals surface area contributed by atoms with Gasteiger partial charge in [-0.1, -0.05) is 57.2 Å². The number of nitrogens with zero attached hydrogens (tertiary/aromatic N) is 3. The number of hydrogen-bond donors (Lipinski definition) is 1. The van der Waals surface area contributed by atoms with Gasteiger partial charge in [-0.05, 0) is 80.4 Å². The van der Waals surface area contributed by atoms with Crippen molar-refractivity contribution < 1.29 is 9.90 Å². The molecule has 5 heteroatoms. The van der Waals surface area contributed by atoms with Crippen LogP contribution in [-0.2, 0) is 13.0 Å². The molecule has 1 N–H and O–H groups in total. The van der Waals surface area contributed by atoms with Crippen LogP contribution in [0.15, 0.2) is 36.4 Å². The zero-order valence-electron chi connectivity index (χ0n) is 23.1. The Bertz CT molecular complexity index is 1300. The number of piperidine rings is 1. The molecule has 38 heavy (non-hydrogen) atoms. The zero-order valence-corrected chi connectivity index (χ0v) is 23.1. The summed E-state index contributed by atoms with van der Waals surface area (Å²) >= 11 is 0. The van der Waals surface area contributed by atoms with Gasteiger partial charge < -0.3 is 19.5 Å². The number of fused-ring (bicyclic) bond motifs is 5. The van der Waals surface area contributed by atoms with E-state index in [1.807, 2.05) is 12.1 Å². The van der Waals surface area contributed by atoms with Crippen molar-refractivity contribution >= 4 is 22.6 Å². The molecular formula is C33H43N3O2. The van der Waals surface area contributed by atoms with Crippen molar-refractivity contribution in [2.24, 2.45) is 0 Å². The average molecular weight is 514 g/mol. The minimum absolute atomic E-state index is 0.387. The minimum Gasteiger partial charge on any atom is -0.478 e. The Kier molecular flexibility index (Phi) is 7.47. The number of hydrogen-bond acceptors (Lipinski definition) is 3. The molecule has 0 bridgehead atoms. The molecule has 3 aliphatic rings. The van der Waals surface area contributed by atoms with Crippen molar-refractivity contribution in [1.82, 2.24) is 9.47 Å². The molecule has 2 aromatic carbocycles. The van der Waals surface area contributed by atoms with Crippen LogP contribution in [0, 0.1) is 0 Å². The van der Waals surface area contributed by atoms with Crippen LogP contribution in [0.3, 0.4) is 0 Å². The first kappa shape index (κ1) is 25.5. The second-order valence-corrected chi connectivity index (χ2v) is 11.8. The van der Waals surface area contributed by atoms with Crippen molar-refractivity contribution in [2.75, 3.05) is 37.6 Å². The lowest BCUT2D eigenvalue weighted by Crippen LogP contribution is -2.38. The number of aryl methyl sites for hydroxylation is 1. The minimum atomic E-state index is -0.844. The van der Waals surface area contributed by atoms with Crippen LogP contribution in [-0.4, -0.2) is 53.3 Å². The van der Waals surface area contributed by atoms with E-state index in [0.717, 1.165) is 44.5 Å². The Hall–Kier alpha value is -2.79. The molecule has 3 heterocycles. The maximum absolute atomic E-state index is 12.0. The van der Waals surface area contributed by atoms with Crippen LogP contribution in [0.25, 0.3) is 22.2 Å². The lowest BCUT2D eigenvalue weighted by molar-refractivity contribution is 0.0697. The van der Waals surface area contributed by atoms with Crippen molar-refractivity contribution in [2.45, 2.75) is 83.6 Å². The van der Waals surface area contributed by atoms with Crippen molar-refractivity contribution in [1.29, 1.82) is 0 Å². The number of likely N-dealkylation sites (tertiary alicyclic amines) is 1. The van der Waals surface area contributed by atoms with Gasteiger partial charge in [-0.25, -0.2) is 4.79 Å². The van der Waals surface area contributed by atoms with E-state index >= 15 is 0 Å². The normalized spacial score (nSPS) is 18.8. The second-order valence-electron chi connectivity index (χ2n) is 11.8. The van der Waals surface area contributed by atoms with Gasteiger partial charge in [0.1, 0.15) is 0 Å². The van der Waals surface area contributed by atoms with Crippen LogP contribution < -0.4 is 4.90 Å². The molecule has 5 nitrogen and oxygen atoms in total. The fourth-order valence-electron chi connectivity index (χ4n) is 7.34. The first-order chi connectivity index (χ1) is 18.6. The van der Waals surface area contributed by atoms with Gasteiger partial charge in [0, 0.05) is 48.3 Å². The monoisotopic (exact) mass is 513 g/mol. The molecular weight excluding hydrogens is 470 g/mol. The molecule has 6 rings (SSSR count). The molecule has 3 aromatic rings. The average Bonchev–Trinajstić information content (AvgIpc) is 3.18. The highest BCUT2D eigenvalue weighted by atomic mass is 16.4. The summed E-state index contributed by atoms with van der Waals surface area (Å²) in [6, 6.07) is 13.0. The number of benzene rings is 2. The summed E-state index contributed by atoms with van der Waals surface area (Å²) in [7, 11) is 0. The van der Waals surface area contributed by atoms with E-state index in [9.17, 15) is 9.90 Å². The van der Waals surface area contributed by atoms with Crippen LogP contribution in [0.1, 0.15) is 92.1 Å². The molecule has 202 valence electrons. The Balaban J connectivity index is 1.49. The summed E-state index contributed by atoms with van der Waals surface area (Å²) in [6.07, 6.45) is 12.6. The van der Waals surface area contributed by atoms with Crippen LogP contribution in [0.5, 0.6) is 0 Å². The molecule has 2 aliphatic heterocycles. The molecule has 1 saturated heterocycles. The van der Waals surface area contributed by atoms with E-state index in [1.54, 1.807) is 0 Å². The standard InChI is InChI=1S/C33H43N3O2/c1-2-9-24-12-14-28-29(22-24)35(19-18-34-16-7-4-8-17-34)20-21-36-30-23-26(33(37)38)13-15-27(30)31(32(28)36)25-10-5-3-6-11-25/h12-15,22-23,25H,2-11,16-21H2,1H3,(H,37,38). The summed E-state index contributed by atoms with van der Waals surface area (Å²) in [5.41, 5.74) is 8.46. The Morgan fingerprint density at radius 1 is 0.895 bits per heavy atom. The lowest BCUT2D eigenvalue weighted by atomic mass is 9.81. The van der Waals surface area contributed by atoms with Crippen LogP contribution in [0.4, 0.5) is 5.69 Å². The van der Waals surface area contributed by atoms with E-state index < -0.39 is 5.97 Å². The van der Waals surface area contributed by atoms with E-state index in [2.05, 4.69) is 45.6 Å². The second kappa shape index (κ2) is 11.1. The van der Waals surface area contributed by atoms with Crippen molar-refractivity contribution in [3.8, 4) is 11.3 Å². The molecule has 0 unspecified atom stereocenters. The SMILES string of the molecule is CCCc1ccc2c(c1)N(CCN1CCCCC1)CCn1c-2c(C2CCCCC2)c2ccc(C(=O)O)cc21. The predicted octanol–water partition coefficient (Wildman–Crippen LogP) is 7.31. The van der Waals surface area contributed by atoms with Gasteiger partial charge >= 0.3 is 5.97 Å². The first-order valence-corrected chi connectivity index (χ1v) is 15.1. The number of carbonyl (C=O) groups is 1. The summed E-state index contributed by atoms with van der Waals surface area (Å²) in [5.74, 6) is -0.302. The van der Waals surface area contributed by atoms with E-state index in [1.165, 1.54) is 97.9 Å². The predicted molar refractivity (Wildman–Crippen MR) is 157 cm³/mol. The number of anilines is 1. The van der Waals surface area contributed by atoms with Gasteiger partial charge in [0.15, 0.2) is 0 Å². The number of rotatable bonds is 7. The number of aromatic nitrogens is 1. The van der Waals surface area contributed by atoms with E-state index in [4.69, 9.17) is 0 Å². The molecule has 2 fully saturated rings. The Morgan fingerprint density at radius 3 is 2.45 bits per heavy atom. The first-order valence-electron chi connectivity index (χ1n) is 15.1. The molecule has 1 aliphatic carbocycles. The summed E-state index contributed by atoms with van der Waals surface area (Å²) in [4.78, 5) is 17.2. The number of carboxylic acid groups (broad SMARTS) is 1. The summed E-state index contributed by atoms with van der Waals surface area (Å²) < 4.78 is 2.48. The number of aromatic carboxylic acids is 1. The summed E-state index contributed by atoms with van der Waals surface area (Å²) in [5, 5.41) is 11.1. The number of carboxylic acids is 1. The fraction of sp³-hybridized carbons (Fsp3) is 0.545. The highest BCUT2D eigenvalue weighted by molar-refractivity contribution is 5.99. The third kappa shape index (κ3) is 4.86. The maximum Gasteiger partial charge on any atom is 0.335 e. The third-order valence-corrected chi connectivity index (χ3v) is 9.29. The maximum atomic E-state index is 12.0. The van der Waals surface area contributed by atoms with Crippen molar-refractivity contribution in [3.63, 3.8) is 0 Å². The topological polar surface area (TPSA) is 48.7 Å². The van der Waals surface area contributed by atoms with Gasteiger partial charge in [0.25, 0.3) is 0 Å². The Labute approximate surface area is 227 Å². The molecule has 0 amide bonds. The van der Waals surface area contributed by atoms with Gasteiger partial charge in [-0.2, -0.15) is 0 Å². The van der Waals surface area contributed by atoms with Gasteiger partial charge in [0.05, 0.1) is 11.3 Å².